The highest BCUT2D eigenvalue weighted by Gasteiger charge is 1.67. The fraction of sp³-hybridized carbons (Fsp3) is 0.833. The molecule has 12 heavy (non-hydrogen) atoms. The van der Waals surface area contributed by atoms with E-state index in [4.69, 9.17) is 0 Å². The van der Waals surface area contributed by atoms with E-state index in [-0.39, 0.29) is 0 Å². The normalized spacial score (nSPS) is 5.42. The largest absolute Gasteiger partial charge is 0.0862 e. The summed E-state index contributed by atoms with van der Waals surface area (Å²) in [5.74, 6) is 0. The van der Waals surface area contributed by atoms with Crippen LogP contribution in [0.15, 0.2) is 11.6 Å². The minimum atomic E-state index is 1.17. The van der Waals surface area contributed by atoms with Crippen molar-refractivity contribution >= 4 is 0 Å². The van der Waals surface area contributed by atoms with Gasteiger partial charge in [0.25, 0.3) is 0 Å². The molecule has 0 rings (SSSR count). The lowest BCUT2D eigenvalue weighted by atomic mass is 10.3. The van der Waals surface area contributed by atoms with E-state index >= 15 is 0 Å². The van der Waals surface area contributed by atoms with Crippen molar-refractivity contribution < 1.29 is 0 Å². The molecule has 0 saturated carbocycles. The highest BCUT2D eigenvalue weighted by molar-refractivity contribution is 4.91. The van der Waals surface area contributed by atoms with Crippen LogP contribution < -0.4 is 0 Å². The summed E-state index contributed by atoms with van der Waals surface area (Å²) >= 11 is 0. The van der Waals surface area contributed by atoms with Crippen LogP contribution in [-0.4, -0.2) is 0 Å². The first-order valence-electron chi connectivity index (χ1n) is 5.40. The van der Waals surface area contributed by atoms with E-state index < -0.39 is 0 Å². The van der Waals surface area contributed by atoms with Crippen LogP contribution in [0.25, 0.3) is 0 Å². The number of allylic oxidation sites excluding steroid dienone is 2. The summed E-state index contributed by atoms with van der Waals surface area (Å²) < 4.78 is 0. The second-order valence-electron chi connectivity index (χ2n) is 1.69. The SMILES string of the molecule is CC.CC.CC.CCC=C(C)C. The summed E-state index contributed by atoms with van der Waals surface area (Å²) in [4.78, 5) is 0. The summed E-state index contributed by atoms with van der Waals surface area (Å²) in [7, 11) is 0. The van der Waals surface area contributed by atoms with E-state index in [1.807, 2.05) is 41.5 Å². The van der Waals surface area contributed by atoms with Crippen LogP contribution in [0.3, 0.4) is 0 Å². The van der Waals surface area contributed by atoms with Gasteiger partial charge in [-0.25, -0.2) is 0 Å². The lowest BCUT2D eigenvalue weighted by Gasteiger charge is -1.80. The summed E-state index contributed by atoms with van der Waals surface area (Å²) in [6.45, 7) is 18.4. The lowest BCUT2D eigenvalue weighted by molar-refractivity contribution is 1.18. The van der Waals surface area contributed by atoms with Gasteiger partial charge in [-0.2, -0.15) is 0 Å². The van der Waals surface area contributed by atoms with Crippen molar-refractivity contribution in [3.63, 3.8) is 0 Å². The molecule has 0 N–H and O–H groups in total. The first kappa shape index (κ1) is 22.6. The molecule has 0 spiro atoms. The third kappa shape index (κ3) is 99.1. The van der Waals surface area contributed by atoms with Gasteiger partial charge in [-0.15, -0.1) is 0 Å². The molecule has 0 nitrogen and oxygen atoms in total. The Morgan fingerprint density at radius 1 is 0.833 bits per heavy atom. The van der Waals surface area contributed by atoms with Gasteiger partial charge < -0.3 is 0 Å². The Balaban J connectivity index is -0.0000000453. The molecule has 0 aromatic heterocycles. The zero-order chi connectivity index (χ0) is 11.0. The molecule has 0 aliphatic carbocycles. The van der Waals surface area contributed by atoms with Crippen LogP contribution >= 0.6 is 0 Å². The van der Waals surface area contributed by atoms with Gasteiger partial charge in [0.2, 0.25) is 0 Å². The monoisotopic (exact) mass is 174 g/mol. The van der Waals surface area contributed by atoms with Crippen LogP contribution in [0.5, 0.6) is 0 Å². The maximum atomic E-state index is 2.21. The quantitative estimate of drug-likeness (QED) is 0.464. The first-order chi connectivity index (χ1) is 5.77. The standard InChI is InChI=1S/C6H12.3C2H6/c1-4-5-6(2)3;3*1-2/h5H,4H2,1-3H3;3*1-2H3. The summed E-state index contributed by atoms with van der Waals surface area (Å²) in [5.41, 5.74) is 1.41. The molecule has 0 heteroatoms. The van der Waals surface area contributed by atoms with Crippen molar-refractivity contribution in [3.05, 3.63) is 11.6 Å². The average molecular weight is 174 g/mol. The molecular formula is C12H30. The van der Waals surface area contributed by atoms with E-state index in [2.05, 4.69) is 26.8 Å². The Morgan fingerprint density at radius 2 is 1.08 bits per heavy atom. The molecule has 0 aromatic carbocycles. The Kier molecular flexibility index (Phi) is 85.4. The maximum Gasteiger partial charge on any atom is -0.0377 e. The Morgan fingerprint density at radius 3 is 1.08 bits per heavy atom. The zero-order valence-corrected chi connectivity index (χ0v) is 10.8. The van der Waals surface area contributed by atoms with Crippen molar-refractivity contribution in [2.75, 3.05) is 0 Å². The molecule has 0 fully saturated rings. The molecule has 0 saturated heterocycles. The highest BCUT2D eigenvalue weighted by Crippen LogP contribution is 1.88. The van der Waals surface area contributed by atoms with Crippen LogP contribution in [0, 0.1) is 0 Å². The Bertz CT molecular complexity index is 47.1. The van der Waals surface area contributed by atoms with Crippen molar-refractivity contribution in [1.29, 1.82) is 0 Å². The third-order valence-electron chi connectivity index (χ3n) is 0.612. The molecule has 0 atom stereocenters. The predicted octanol–water partition coefficient (Wildman–Crippen LogP) is 5.44. The molecule has 0 aromatic rings. The molecule has 78 valence electrons. The second-order valence-corrected chi connectivity index (χ2v) is 1.69. The van der Waals surface area contributed by atoms with Crippen molar-refractivity contribution in [1.82, 2.24) is 0 Å². The number of hydrogen-bond donors (Lipinski definition) is 0. The van der Waals surface area contributed by atoms with Gasteiger partial charge in [0.1, 0.15) is 0 Å². The third-order valence-corrected chi connectivity index (χ3v) is 0.612. The number of rotatable bonds is 1. The van der Waals surface area contributed by atoms with E-state index in [1.54, 1.807) is 0 Å². The van der Waals surface area contributed by atoms with Gasteiger partial charge in [0, 0.05) is 0 Å². The molecule has 0 aliphatic heterocycles. The fourth-order valence-electron chi connectivity index (χ4n) is 0.408. The molecule has 0 bridgehead atoms. The van der Waals surface area contributed by atoms with E-state index in [0.717, 1.165) is 0 Å². The fourth-order valence-corrected chi connectivity index (χ4v) is 0.408. The smallest absolute Gasteiger partial charge is 0.0377 e. The molecule has 0 amide bonds. The minimum Gasteiger partial charge on any atom is -0.0862 e. The second kappa shape index (κ2) is 45.3. The van der Waals surface area contributed by atoms with Crippen molar-refractivity contribution in [2.45, 2.75) is 68.7 Å². The maximum absolute atomic E-state index is 2.21. The van der Waals surface area contributed by atoms with E-state index in [1.165, 1.54) is 12.0 Å². The van der Waals surface area contributed by atoms with Gasteiger partial charge in [-0.1, -0.05) is 60.1 Å². The molecule has 0 aliphatic rings. The van der Waals surface area contributed by atoms with Crippen LogP contribution in [0.2, 0.25) is 0 Å². The molecule has 0 heterocycles. The van der Waals surface area contributed by atoms with Crippen LogP contribution in [-0.2, 0) is 0 Å². The Labute approximate surface area is 81.1 Å². The summed E-state index contributed by atoms with van der Waals surface area (Å²) in [6, 6.07) is 0. The number of hydrogen-bond acceptors (Lipinski definition) is 0. The van der Waals surface area contributed by atoms with Gasteiger partial charge in [-0.3, -0.25) is 0 Å². The van der Waals surface area contributed by atoms with Gasteiger partial charge >= 0.3 is 0 Å². The molecular weight excluding hydrogens is 144 g/mol. The first-order valence-corrected chi connectivity index (χ1v) is 5.40. The van der Waals surface area contributed by atoms with E-state index in [9.17, 15) is 0 Å². The van der Waals surface area contributed by atoms with Crippen molar-refractivity contribution in [3.8, 4) is 0 Å². The topological polar surface area (TPSA) is 0 Å². The summed E-state index contributed by atoms with van der Waals surface area (Å²) in [6.07, 6.45) is 3.38. The average Bonchev–Trinajstić information content (AvgIpc) is 2.14. The molecule has 0 unspecified atom stereocenters. The van der Waals surface area contributed by atoms with E-state index in [0.29, 0.717) is 0 Å². The highest BCUT2D eigenvalue weighted by atomic mass is 13.7. The van der Waals surface area contributed by atoms with Gasteiger partial charge in [0.15, 0.2) is 0 Å². The minimum absolute atomic E-state index is 1.17. The Hall–Kier alpha value is -0.260. The molecule has 0 radical (unpaired) electrons. The van der Waals surface area contributed by atoms with Crippen LogP contribution in [0.4, 0.5) is 0 Å². The zero-order valence-electron chi connectivity index (χ0n) is 10.8. The van der Waals surface area contributed by atoms with Gasteiger partial charge in [0.05, 0.1) is 0 Å². The summed E-state index contributed by atoms with van der Waals surface area (Å²) in [5, 5.41) is 0. The lowest BCUT2D eigenvalue weighted by Crippen LogP contribution is -1.58. The van der Waals surface area contributed by atoms with Gasteiger partial charge in [-0.05, 0) is 20.3 Å². The van der Waals surface area contributed by atoms with Crippen molar-refractivity contribution in [2.24, 2.45) is 0 Å². The van der Waals surface area contributed by atoms with Crippen LogP contribution in [0.1, 0.15) is 68.7 Å². The predicted molar refractivity (Wildman–Crippen MR) is 63.8 cm³/mol.